The number of para-hydroxylation sites is 1. The Bertz CT molecular complexity index is 1150. The van der Waals surface area contributed by atoms with Gasteiger partial charge in [0.25, 0.3) is 0 Å². The van der Waals surface area contributed by atoms with Crippen molar-refractivity contribution in [1.29, 1.82) is 0 Å². The normalized spacial score (nSPS) is 10.8. The van der Waals surface area contributed by atoms with Gasteiger partial charge in [0.15, 0.2) is 5.58 Å². The van der Waals surface area contributed by atoms with Crippen molar-refractivity contribution in [1.82, 2.24) is 4.98 Å². The molecule has 26 heavy (non-hydrogen) atoms. The number of carbonyl (C=O) groups excluding carboxylic acids is 1. The van der Waals surface area contributed by atoms with Crippen LogP contribution in [0.2, 0.25) is 0 Å². The number of hydrogen-bond donors (Lipinski definition) is 1. The first kappa shape index (κ1) is 16.1. The molecule has 128 valence electrons. The smallest absolute Gasteiger partial charge is 0.248 e. The molecule has 0 aliphatic rings. The van der Waals surface area contributed by atoms with Crippen molar-refractivity contribution in [2.75, 3.05) is 5.32 Å². The number of rotatable bonds is 3. The molecule has 0 radical (unpaired) electrons. The number of fused-ring (bicyclic) bond motifs is 3. The Kier molecular flexibility index (Phi) is 4.01. The highest BCUT2D eigenvalue weighted by Gasteiger charge is 2.14. The quantitative estimate of drug-likeness (QED) is 0.496. The van der Waals surface area contributed by atoms with Gasteiger partial charge in [-0.25, -0.2) is 4.98 Å². The van der Waals surface area contributed by atoms with Crippen LogP contribution in [0.15, 0.2) is 76.7 Å². The van der Waals surface area contributed by atoms with E-state index in [0.717, 1.165) is 33.0 Å². The maximum atomic E-state index is 12.1. The molecule has 0 saturated carbocycles. The van der Waals surface area contributed by atoms with Crippen molar-refractivity contribution in [3.63, 3.8) is 0 Å². The zero-order chi connectivity index (χ0) is 18.1. The highest BCUT2D eigenvalue weighted by Crippen LogP contribution is 2.33. The number of amides is 1. The minimum absolute atomic E-state index is 0.168. The molecule has 4 heteroatoms. The monoisotopic (exact) mass is 342 g/mol. The van der Waals surface area contributed by atoms with E-state index in [2.05, 4.69) is 10.3 Å². The lowest BCUT2D eigenvalue weighted by Gasteiger charge is -2.07. The van der Waals surface area contributed by atoms with E-state index in [-0.39, 0.29) is 5.91 Å². The highest BCUT2D eigenvalue weighted by molar-refractivity contribution is 6.04. The summed E-state index contributed by atoms with van der Waals surface area (Å²) in [5.41, 5.74) is 3.91. The summed E-state index contributed by atoms with van der Waals surface area (Å²) < 4.78 is 6.09. The Morgan fingerprint density at radius 1 is 1.00 bits per heavy atom. The maximum absolute atomic E-state index is 12.1. The Morgan fingerprint density at radius 2 is 1.77 bits per heavy atom. The van der Waals surface area contributed by atoms with E-state index in [1.165, 1.54) is 0 Å². The number of allylic oxidation sites excluding steroid dienone is 1. The van der Waals surface area contributed by atoms with E-state index < -0.39 is 0 Å². The predicted molar refractivity (Wildman–Crippen MR) is 105 cm³/mol. The molecule has 0 fully saturated rings. The van der Waals surface area contributed by atoms with Crippen LogP contribution in [0.4, 0.5) is 5.69 Å². The Hall–Kier alpha value is -3.40. The van der Waals surface area contributed by atoms with Gasteiger partial charge in [-0.05, 0) is 37.4 Å². The van der Waals surface area contributed by atoms with Crippen LogP contribution < -0.4 is 5.32 Å². The number of aromatic nitrogens is 1. The molecular weight excluding hydrogens is 324 g/mol. The minimum Gasteiger partial charge on any atom is -0.435 e. The summed E-state index contributed by atoms with van der Waals surface area (Å²) >= 11 is 0. The van der Waals surface area contributed by atoms with Crippen LogP contribution in [0.3, 0.4) is 0 Å². The molecule has 4 aromatic rings. The average molecular weight is 342 g/mol. The van der Waals surface area contributed by atoms with E-state index in [0.29, 0.717) is 11.6 Å². The van der Waals surface area contributed by atoms with Crippen molar-refractivity contribution in [2.45, 2.75) is 13.8 Å². The van der Waals surface area contributed by atoms with E-state index in [1.807, 2.05) is 74.5 Å². The third kappa shape index (κ3) is 2.97. The Labute approximate surface area is 151 Å². The van der Waals surface area contributed by atoms with Crippen molar-refractivity contribution in [3.05, 3.63) is 72.3 Å². The standard InChI is InChI=1S/C22H18N2O2/c1-14(2)13-20(25)23-18-10-6-5-9-17(18)22-24-19-12-11-15-7-3-4-8-16(15)21(19)26-22/h3-13H,1-2H3,(H,23,25). The third-order valence-corrected chi connectivity index (χ3v) is 4.11. The molecule has 0 aliphatic carbocycles. The first-order valence-corrected chi connectivity index (χ1v) is 8.45. The van der Waals surface area contributed by atoms with Gasteiger partial charge in [0.1, 0.15) is 5.52 Å². The predicted octanol–water partition coefficient (Wildman–Crippen LogP) is 5.55. The van der Waals surface area contributed by atoms with Crippen LogP contribution in [0.5, 0.6) is 0 Å². The summed E-state index contributed by atoms with van der Waals surface area (Å²) in [7, 11) is 0. The fourth-order valence-corrected chi connectivity index (χ4v) is 2.98. The van der Waals surface area contributed by atoms with Gasteiger partial charge < -0.3 is 9.73 Å². The number of carbonyl (C=O) groups is 1. The molecule has 1 heterocycles. The number of oxazole rings is 1. The first-order chi connectivity index (χ1) is 12.6. The summed E-state index contributed by atoms with van der Waals surface area (Å²) in [6.45, 7) is 3.77. The van der Waals surface area contributed by atoms with E-state index in [4.69, 9.17) is 4.42 Å². The number of nitrogens with zero attached hydrogens (tertiary/aromatic N) is 1. The topological polar surface area (TPSA) is 55.1 Å². The molecular formula is C22H18N2O2. The summed E-state index contributed by atoms with van der Waals surface area (Å²) in [6.07, 6.45) is 1.57. The van der Waals surface area contributed by atoms with Crippen LogP contribution in [0, 0.1) is 0 Å². The number of anilines is 1. The molecule has 0 aliphatic heterocycles. The second kappa shape index (κ2) is 6.48. The van der Waals surface area contributed by atoms with Gasteiger partial charge in [-0.15, -0.1) is 0 Å². The highest BCUT2D eigenvalue weighted by atomic mass is 16.3. The lowest BCUT2D eigenvalue weighted by atomic mass is 10.1. The van der Waals surface area contributed by atoms with Crippen molar-refractivity contribution < 1.29 is 9.21 Å². The summed E-state index contributed by atoms with van der Waals surface area (Å²) in [5, 5.41) is 5.03. The lowest BCUT2D eigenvalue weighted by Crippen LogP contribution is -2.09. The van der Waals surface area contributed by atoms with Crippen LogP contribution in [-0.4, -0.2) is 10.9 Å². The van der Waals surface area contributed by atoms with E-state index >= 15 is 0 Å². The lowest BCUT2D eigenvalue weighted by molar-refractivity contribution is -0.111. The molecule has 4 rings (SSSR count). The largest absolute Gasteiger partial charge is 0.435 e. The van der Waals surface area contributed by atoms with Crippen LogP contribution in [0.1, 0.15) is 13.8 Å². The van der Waals surface area contributed by atoms with Gasteiger partial charge in [-0.2, -0.15) is 0 Å². The molecule has 1 aromatic heterocycles. The number of hydrogen-bond acceptors (Lipinski definition) is 3. The zero-order valence-electron chi connectivity index (χ0n) is 14.6. The second-order valence-electron chi connectivity index (χ2n) is 6.41. The van der Waals surface area contributed by atoms with Crippen molar-refractivity contribution >= 4 is 33.5 Å². The van der Waals surface area contributed by atoms with Gasteiger partial charge in [0.05, 0.1) is 11.3 Å². The third-order valence-electron chi connectivity index (χ3n) is 4.11. The number of nitrogens with one attached hydrogen (secondary N) is 1. The van der Waals surface area contributed by atoms with Crippen molar-refractivity contribution in [2.24, 2.45) is 0 Å². The van der Waals surface area contributed by atoms with Gasteiger partial charge in [0, 0.05) is 11.5 Å². The molecule has 0 unspecified atom stereocenters. The molecule has 1 N–H and O–H groups in total. The SMILES string of the molecule is CC(C)=CC(=O)Nc1ccccc1-c1nc2ccc3ccccc3c2o1. The van der Waals surface area contributed by atoms with Gasteiger partial charge in [-0.3, -0.25) is 4.79 Å². The molecule has 4 nitrogen and oxygen atoms in total. The van der Waals surface area contributed by atoms with Gasteiger partial charge >= 0.3 is 0 Å². The van der Waals surface area contributed by atoms with E-state index in [9.17, 15) is 4.79 Å². The fourth-order valence-electron chi connectivity index (χ4n) is 2.98. The van der Waals surface area contributed by atoms with Crippen molar-refractivity contribution in [3.8, 4) is 11.5 Å². The molecule has 0 spiro atoms. The maximum Gasteiger partial charge on any atom is 0.248 e. The molecule has 3 aromatic carbocycles. The summed E-state index contributed by atoms with van der Waals surface area (Å²) in [5.74, 6) is 0.323. The second-order valence-corrected chi connectivity index (χ2v) is 6.41. The van der Waals surface area contributed by atoms with Crippen LogP contribution >= 0.6 is 0 Å². The van der Waals surface area contributed by atoms with Crippen LogP contribution in [0.25, 0.3) is 33.3 Å². The molecule has 0 saturated heterocycles. The summed E-state index contributed by atoms with van der Waals surface area (Å²) in [4.78, 5) is 16.7. The average Bonchev–Trinajstić information content (AvgIpc) is 3.06. The molecule has 0 bridgehead atoms. The van der Waals surface area contributed by atoms with E-state index in [1.54, 1.807) is 6.08 Å². The van der Waals surface area contributed by atoms with Gasteiger partial charge in [-0.1, -0.05) is 48.0 Å². The van der Waals surface area contributed by atoms with Gasteiger partial charge in [0.2, 0.25) is 11.8 Å². The summed E-state index contributed by atoms with van der Waals surface area (Å²) in [6, 6.07) is 19.6. The zero-order valence-corrected chi connectivity index (χ0v) is 14.6. The fraction of sp³-hybridized carbons (Fsp3) is 0.0909. The Balaban J connectivity index is 1.82. The minimum atomic E-state index is -0.168. The molecule has 0 atom stereocenters. The first-order valence-electron chi connectivity index (χ1n) is 8.45. The Morgan fingerprint density at radius 3 is 2.62 bits per heavy atom. The number of benzene rings is 3. The molecule has 1 amide bonds. The van der Waals surface area contributed by atoms with Crippen LogP contribution in [-0.2, 0) is 4.79 Å².